The van der Waals surface area contributed by atoms with E-state index in [1.54, 1.807) is 0 Å². The van der Waals surface area contributed by atoms with Gasteiger partial charge in [-0.15, -0.1) is 5.10 Å². The summed E-state index contributed by atoms with van der Waals surface area (Å²) in [5.74, 6) is 0. The Hall–Kier alpha value is -0.970. The number of aromatic nitrogens is 4. The summed E-state index contributed by atoms with van der Waals surface area (Å²) in [4.78, 5) is 0. The number of halogens is 1. The highest BCUT2D eigenvalue weighted by Gasteiger charge is 2.07. The molecule has 0 aromatic carbocycles. The van der Waals surface area contributed by atoms with Gasteiger partial charge in [-0.3, -0.25) is 0 Å². The molecule has 0 fully saturated rings. The Morgan fingerprint density at radius 3 is 2.22 bits per heavy atom. The monoisotopic (exact) mass is 382 g/mol. The predicted molar refractivity (Wildman–Crippen MR) is 90.5 cm³/mol. The standard InChI is InChI=1S/C18H31N4.BrH/c1-3-4-5-6-7-8-9-10-11-12-14-22-15-13-17-18(16-22)21(2)20-19-17;/h13,15-16H,3-12,14H2,1-2H3;1H/q+1;/p-1. The molecule has 0 amide bonds. The average Bonchev–Trinajstić information content (AvgIpc) is 2.90. The molecule has 2 aromatic rings. The van der Waals surface area contributed by atoms with Gasteiger partial charge in [-0.25, -0.2) is 9.25 Å². The molecule has 0 saturated carbocycles. The molecule has 2 aromatic heterocycles. The molecule has 0 bridgehead atoms. The van der Waals surface area contributed by atoms with E-state index in [9.17, 15) is 0 Å². The van der Waals surface area contributed by atoms with Gasteiger partial charge in [0.05, 0.1) is 0 Å². The Morgan fingerprint density at radius 2 is 1.57 bits per heavy atom. The summed E-state index contributed by atoms with van der Waals surface area (Å²) < 4.78 is 4.10. The van der Waals surface area contributed by atoms with Crippen LogP contribution < -0.4 is 21.5 Å². The third-order valence-electron chi connectivity index (χ3n) is 4.38. The van der Waals surface area contributed by atoms with E-state index in [0.29, 0.717) is 0 Å². The molecule has 0 aliphatic carbocycles. The van der Waals surface area contributed by atoms with E-state index in [0.717, 1.165) is 17.6 Å². The van der Waals surface area contributed by atoms with Crippen LogP contribution in [-0.2, 0) is 13.6 Å². The average molecular weight is 383 g/mol. The molecule has 2 rings (SSSR count). The zero-order chi connectivity index (χ0) is 15.6. The molecular weight excluding hydrogens is 352 g/mol. The van der Waals surface area contributed by atoms with Crippen molar-refractivity contribution in [2.45, 2.75) is 77.7 Å². The molecule has 0 radical (unpaired) electrons. The molecule has 0 saturated heterocycles. The fourth-order valence-electron chi connectivity index (χ4n) is 2.94. The Labute approximate surface area is 151 Å². The third kappa shape index (κ3) is 6.98. The van der Waals surface area contributed by atoms with Gasteiger partial charge in [0.25, 0.3) is 0 Å². The summed E-state index contributed by atoms with van der Waals surface area (Å²) >= 11 is 0. The maximum atomic E-state index is 4.12. The van der Waals surface area contributed by atoms with Crippen molar-refractivity contribution in [3.8, 4) is 0 Å². The van der Waals surface area contributed by atoms with Crippen LogP contribution in [0.4, 0.5) is 0 Å². The van der Waals surface area contributed by atoms with E-state index in [1.165, 1.54) is 64.2 Å². The molecule has 0 aliphatic heterocycles. The van der Waals surface area contributed by atoms with Crippen LogP contribution in [0.5, 0.6) is 0 Å². The molecule has 0 atom stereocenters. The number of nitrogens with zero attached hydrogens (tertiary/aromatic N) is 4. The maximum absolute atomic E-state index is 4.12. The first-order valence-electron chi connectivity index (χ1n) is 8.99. The Bertz CT molecular complexity index is 553. The molecule has 0 aliphatic rings. The quantitative estimate of drug-likeness (QED) is 0.432. The van der Waals surface area contributed by atoms with Gasteiger partial charge < -0.3 is 17.0 Å². The lowest BCUT2D eigenvalue weighted by atomic mass is 10.1. The number of unbranched alkanes of at least 4 members (excludes halogenated alkanes) is 9. The number of fused-ring (bicyclic) bond motifs is 1. The zero-order valence-electron chi connectivity index (χ0n) is 14.7. The van der Waals surface area contributed by atoms with Crippen molar-refractivity contribution in [3.05, 3.63) is 18.5 Å². The van der Waals surface area contributed by atoms with Gasteiger partial charge in [0.2, 0.25) is 0 Å². The lowest BCUT2D eigenvalue weighted by Gasteiger charge is -2.01. The van der Waals surface area contributed by atoms with E-state index >= 15 is 0 Å². The highest BCUT2D eigenvalue weighted by atomic mass is 79.9. The first-order valence-corrected chi connectivity index (χ1v) is 8.99. The molecule has 2 heterocycles. The van der Waals surface area contributed by atoms with Crippen LogP contribution in [0.25, 0.3) is 11.0 Å². The van der Waals surface area contributed by atoms with Crippen molar-refractivity contribution < 1.29 is 21.5 Å². The van der Waals surface area contributed by atoms with Crippen molar-refractivity contribution in [1.29, 1.82) is 0 Å². The second-order valence-electron chi connectivity index (χ2n) is 6.35. The first-order chi connectivity index (χ1) is 10.8. The molecule has 5 heteroatoms. The van der Waals surface area contributed by atoms with Crippen LogP contribution in [0.2, 0.25) is 0 Å². The van der Waals surface area contributed by atoms with Gasteiger partial charge in [0, 0.05) is 19.5 Å². The summed E-state index contributed by atoms with van der Waals surface area (Å²) in [6.45, 7) is 3.37. The van der Waals surface area contributed by atoms with Crippen molar-refractivity contribution >= 4 is 11.0 Å². The van der Waals surface area contributed by atoms with Crippen molar-refractivity contribution in [2.75, 3.05) is 0 Å². The maximum Gasteiger partial charge on any atom is 0.196 e. The van der Waals surface area contributed by atoms with Gasteiger partial charge in [-0.1, -0.05) is 63.5 Å². The molecule has 130 valence electrons. The van der Waals surface area contributed by atoms with Crippen LogP contribution in [0, 0.1) is 0 Å². The van der Waals surface area contributed by atoms with E-state index in [4.69, 9.17) is 0 Å². The van der Waals surface area contributed by atoms with Gasteiger partial charge >= 0.3 is 0 Å². The van der Waals surface area contributed by atoms with Crippen LogP contribution in [0.1, 0.15) is 71.1 Å². The van der Waals surface area contributed by atoms with Gasteiger partial charge in [0.1, 0.15) is 12.1 Å². The van der Waals surface area contributed by atoms with Crippen LogP contribution in [-0.4, -0.2) is 15.0 Å². The Balaban J connectivity index is 0.00000264. The third-order valence-corrected chi connectivity index (χ3v) is 4.38. The minimum atomic E-state index is 0. The lowest BCUT2D eigenvalue weighted by Crippen LogP contribution is -3.00. The minimum absolute atomic E-state index is 0. The molecule has 4 nitrogen and oxygen atoms in total. The number of aryl methyl sites for hydroxylation is 2. The van der Waals surface area contributed by atoms with E-state index < -0.39 is 0 Å². The van der Waals surface area contributed by atoms with Gasteiger partial charge in [0.15, 0.2) is 17.9 Å². The summed E-state index contributed by atoms with van der Waals surface area (Å²) in [5, 5.41) is 8.16. The second kappa shape index (κ2) is 11.5. The van der Waals surface area contributed by atoms with E-state index in [-0.39, 0.29) is 17.0 Å². The van der Waals surface area contributed by atoms with E-state index in [2.05, 4.69) is 40.3 Å². The number of hydrogen-bond acceptors (Lipinski definition) is 2. The summed E-state index contributed by atoms with van der Waals surface area (Å²) in [7, 11) is 1.94. The highest BCUT2D eigenvalue weighted by molar-refractivity contribution is 5.71. The zero-order valence-corrected chi connectivity index (χ0v) is 16.3. The number of hydrogen-bond donors (Lipinski definition) is 0. The fourth-order valence-corrected chi connectivity index (χ4v) is 2.94. The SMILES string of the molecule is CCCCCCCCCCCC[n+]1ccc2nnn(C)c2c1.[Br-]. The van der Waals surface area contributed by atoms with Gasteiger partial charge in [-0.05, 0) is 6.42 Å². The molecule has 0 unspecified atom stereocenters. The predicted octanol–water partition coefficient (Wildman–Crippen LogP) is 1.18. The Morgan fingerprint density at radius 1 is 0.957 bits per heavy atom. The second-order valence-corrected chi connectivity index (χ2v) is 6.35. The summed E-state index contributed by atoms with van der Waals surface area (Å²) in [5.41, 5.74) is 2.08. The first kappa shape index (κ1) is 20.1. The summed E-state index contributed by atoms with van der Waals surface area (Å²) in [6.07, 6.45) is 18.1. The molecule has 0 N–H and O–H groups in total. The summed E-state index contributed by atoms with van der Waals surface area (Å²) in [6, 6.07) is 2.05. The highest BCUT2D eigenvalue weighted by Crippen LogP contribution is 2.10. The normalized spacial score (nSPS) is 10.9. The van der Waals surface area contributed by atoms with Crippen molar-refractivity contribution in [2.24, 2.45) is 7.05 Å². The molecule has 0 spiro atoms. The Kier molecular flexibility index (Phi) is 10.1. The topological polar surface area (TPSA) is 34.6 Å². The van der Waals surface area contributed by atoms with Crippen molar-refractivity contribution in [3.63, 3.8) is 0 Å². The van der Waals surface area contributed by atoms with Crippen molar-refractivity contribution in [1.82, 2.24) is 15.0 Å². The van der Waals surface area contributed by atoms with Crippen LogP contribution >= 0.6 is 0 Å². The number of pyridine rings is 1. The molecule has 23 heavy (non-hydrogen) atoms. The largest absolute Gasteiger partial charge is 1.00 e. The fraction of sp³-hybridized carbons (Fsp3) is 0.722. The van der Waals surface area contributed by atoms with Crippen LogP contribution in [0.15, 0.2) is 18.5 Å². The van der Waals surface area contributed by atoms with Crippen LogP contribution in [0.3, 0.4) is 0 Å². The smallest absolute Gasteiger partial charge is 0.196 e. The lowest BCUT2D eigenvalue weighted by molar-refractivity contribution is -0.696. The van der Waals surface area contributed by atoms with Gasteiger partial charge in [-0.2, -0.15) is 0 Å². The number of rotatable bonds is 11. The minimum Gasteiger partial charge on any atom is -1.00 e. The van der Waals surface area contributed by atoms with E-state index in [1.807, 2.05) is 11.7 Å². The molecular formula is C18H31BrN4.